The van der Waals surface area contributed by atoms with Gasteiger partial charge in [-0.05, 0) is 36.8 Å². The molecule has 5 heteroatoms. The number of fused-ring (bicyclic) bond motifs is 3. The molecule has 0 aliphatic carbocycles. The first-order valence-corrected chi connectivity index (χ1v) is 8.61. The summed E-state index contributed by atoms with van der Waals surface area (Å²) >= 11 is 0. The highest BCUT2D eigenvalue weighted by molar-refractivity contribution is 6.04. The summed E-state index contributed by atoms with van der Waals surface area (Å²) in [5.41, 5.74) is 1.36. The van der Waals surface area contributed by atoms with E-state index in [-0.39, 0.29) is 5.63 Å². The van der Waals surface area contributed by atoms with Crippen molar-refractivity contribution in [2.45, 2.75) is 6.92 Å². The van der Waals surface area contributed by atoms with Crippen molar-refractivity contribution in [1.29, 1.82) is 0 Å². The van der Waals surface area contributed by atoms with E-state index < -0.39 is 0 Å². The van der Waals surface area contributed by atoms with E-state index >= 15 is 0 Å². The molecule has 0 N–H and O–H groups in total. The summed E-state index contributed by atoms with van der Waals surface area (Å²) in [6.07, 6.45) is 0. The molecule has 0 unspecified atom stereocenters. The van der Waals surface area contributed by atoms with Crippen molar-refractivity contribution in [3.8, 4) is 5.75 Å². The fourth-order valence-electron chi connectivity index (χ4n) is 3.23. The molecule has 1 saturated heterocycles. The highest BCUT2D eigenvalue weighted by Crippen LogP contribution is 2.26. The van der Waals surface area contributed by atoms with Crippen LogP contribution >= 0.6 is 0 Å². The molecule has 130 valence electrons. The summed E-state index contributed by atoms with van der Waals surface area (Å²) in [6.45, 7) is 6.87. The van der Waals surface area contributed by atoms with Gasteiger partial charge in [0, 0.05) is 30.4 Å². The second-order valence-electron chi connectivity index (χ2n) is 6.40. The van der Waals surface area contributed by atoms with Gasteiger partial charge in [0.2, 0.25) is 0 Å². The largest absolute Gasteiger partial charge is 0.492 e. The molecule has 3 aromatic rings. The average molecular weight is 339 g/mol. The van der Waals surface area contributed by atoms with Gasteiger partial charge in [-0.1, -0.05) is 12.1 Å². The topological polar surface area (TPSA) is 51.9 Å². The van der Waals surface area contributed by atoms with Crippen molar-refractivity contribution in [1.82, 2.24) is 4.90 Å². The summed E-state index contributed by atoms with van der Waals surface area (Å²) in [6, 6.07) is 11.5. The van der Waals surface area contributed by atoms with E-state index in [2.05, 4.69) is 4.90 Å². The van der Waals surface area contributed by atoms with Crippen molar-refractivity contribution in [3.63, 3.8) is 0 Å². The van der Waals surface area contributed by atoms with Gasteiger partial charge >= 0.3 is 5.63 Å². The third-order valence-corrected chi connectivity index (χ3v) is 4.62. The van der Waals surface area contributed by atoms with Gasteiger partial charge in [0.1, 0.15) is 17.9 Å². The number of rotatable bonds is 4. The normalized spacial score (nSPS) is 15.7. The Labute approximate surface area is 145 Å². The molecule has 5 nitrogen and oxygen atoms in total. The van der Waals surface area contributed by atoms with Gasteiger partial charge in [0.15, 0.2) is 0 Å². The van der Waals surface area contributed by atoms with Crippen molar-refractivity contribution >= 4 is 21.7 Å². The van der Waals surface area contributed by atoms with Crippen molar-refractivity contribution in [2.75, 3.05) is 39.5 Å². The predicted octanol–water partition coefficient (Wildman–Crippen LogP) is 2.97. The molecular weight excluding hydrogens is 318 g/mol. The van der Waals surface area contributed by atoms with Crippen LogP contribution in [0.3, 0.4) is 0 Å². The molecule has 0 radical (unpaired) electrons. The lowest BCUT2D eigenvalue weighted by Crippen LogP contribution is -2.38. The Balaban J connectivity index is 1.57. The Hall–Kier alpha value is -2.37. The number of morpholine rings is 1. The van der Waals surface area contributed by atoms with Crippen molar-refractivity contribution in [2.24, 2.45) is 0 Å². The fraction of sp³-hybridized carbons (Fsp3) is 0.350. The second-order valence-corrected chi connectivity index (χ2v) is 6.40. The highest BCUT2D eigenvalue weighted by Gasteiger charge is 2.11. The summed E-state index contributed by atoms with van der Waals surface area (Å²) in [7, 11) is 0. The van der Waals surface area contributed by atoms with Crippen LogP contribution < -0.4 is 10.4 Å². The van der Waals surface area contributed by atoms with E-state index in [4.69, 9.17) is 13.9 Å². The quantitative estimate of drug-likeness (QED) is 0.540. The molecule has 4 rings (SSSR count). The Kier molecular flexibility index (Phi) is 4.42. The van der Waals surface area contributed by atoms with E-state index in [0.29, 0.717) is 23.3 Å². The number of benzene rings is 2. The molecule has 1 aliphatic rings. The maximum atomic E-state index is 12.3. The van der Waals surface area contributed by atoms with Gasteiger partial charge in [0.25, 0.3) is 0 Å². The SMILES string of the molecule is Cc1ccc2c(c1)oc(=O)c1cc(OCCN3CCOCC3)ccc12. The Bertz CT molecular complexity index is 957. The summed E-state index contributed by atoms with van der Waals surface area (Å²) in [5.74, 6) is 0.694. The van der Waals surface area contributed by atoms with Crippen LogP contribution in [-0.2, 0) is 4.74 Å². The van der Waals surface area contributed by atoms with Crippen LogP contribution in [0.1, 0.15) is 5.56 Å². The van der Waals surface area contributed by atoms with Gasteiger partial charge in [0.05, 0.1) is 18.6 Å². The maximum absolute atomic E-state index is 12.3. The summed E-state index contributed by atoms with van der Waals surface area (Å²) < 4.78 is 16.7. The van der Waals surface area contributed by atoms with Crippen LogP contribution in [-0.4, -0.2) is 44.4 Å². The van der Waals surface area contributed by atoms with E-state index in [9.17, 15) is 4.79 Å². The van der Waals surface area contributed by atoms with E-state index in [1.807, 2.05) is 37.3 Å². The van der Waals surface area contributed by atoms with Gasteiger partial charge in [-0.15, -0.1) is 0 Å². The molecule has 1 fully saturated rings. The molecular formula is C20H21NO4. The lowest BCUT2D eigenvalue weighted by atomic mass is 10.1. The summed E-state index contributed by atoms with van der Waals surface area (Å²) in [5, 5.41) is 2.40. The lowest BCUT2D eigenvalue weighted by molar-refractivity contribution is 0.0322. The van der Waals surface area contributed by atoms with Crippen LogP contribution in [0.4, 0.5) is 0 Å². The third-order valence-electron chi connectivity index (χ3n) is 4.62. The number of hydrogen-bond donors (Lipinski definition) is 0. The molecule has 0 bridgehead atoms. The fourth-order valence-corrected chi connectivity index (χ4v) is 3.23. The van der Waals surface area contributed by atoms with Crippen molar-refractivity contribution in [3.05, 3.63) is 52.4 Å². The smallest absolute Gasteiger partial charge is 0.344 e. The average Bonchev–Trinajstić information content (AvgIpc) is 2.63. The lowest BCUT2D eigenvalue weighted by Gasteiger charge is -2.26. The molecule has 0 atom stereocenters. The Morgan fingerprint density at radius 3 is 2.68 bits per heavy atom. The van der Waals surface area contributed by atoms with E-state index in [0.717, 1.165) is 49.2 Å². The van der Waals surface area contributed by atoms with E-state index in [1.54, 1.807) is 6.07 Å². The number of nitrogens with zero attached hydrogens (tertiary/aromatic N) is 1. The Morgan fingerprint density at radius 1 is 1.04 bits per heavy atom. The monoisotopic (exact) mass is 339 g/mol. The van der Waals surface area contributed by atoms with Gasteiger partial charge in [-0.25, -0.2) is 4.79 Å². The molecule has 1 aromatic heterocycles. The summed E-state index contributed by atoms with van der Waals surface area (Å²) in [4.78, 5) is 14.6. The number of ether oxygens (including phenoxy) is 2. The van der Waals surface area contributed by atoms with Gasteiger partial charge < -0.3 is 13.9 Å². The van der Waals surface area contributed by atoms with Crippen LogP contribution in [0.15, 0.2) is 45.6 Å². The first-order chi connectivity index (χ1) is 12.2. The Morgan fingerprint density at radius 2 is 1.84 bits per heavy atom. The maximum Gasteiger partial charge on any atom is 0.344 e. The first kappa shape index (κ1) is 16.1. The standard InChI is InChI=1S/C20H21NO4/c1-14-2-4-17-16-5-3-15(13-18(16)20(22)25-19(17)12-14)24-11-8-21-6-9-23-10-7-21/h2-5,12-13H,6-11H2,1H3. The molecule has 0 amide bonds. The van der Waals surface area contributed by atoms with Gasteiger partial charge in [-0.2, -0.15) is 0 Å². The van der Waals surface area contributed by atoms with Crippen LogP contribution in [0.5, 0.6) is 5.75 Å². The second kappa shape index (κ2) is 6.86. The minimum absolute atomic E-state index is 0.327. The van der Waals surface area contributed by atoms with Crippen LogP contribution in [0.2, 0.25) is 0 Å². The first-order valence-electron chi connectivity index (χ1n) is 8.61. The zero-order chi connectivity index (χ0) is 17.2. The highest BCUT2D eigenvalue weighted by atomic mass is 16.5. The van der Waals surface area contributed by atoms with Gasteiger partial charge in [-0.3, -0.25) is 4.90 Å². The number of aryl methyl sites for hydroxylation is 1. The molecule has 2 aromatic carbocycles. The molecule has 1 aliphatic heterocycles. The molecule has 2 heterocycles. The zero-order valence-corrected chi connectivity index (χ0v) is 14.3. The van der Waals surface area contributed by atoms with Crippen LogP contribution in [0, 0.1) is 6.92 Å². The molecule has 0 saturated carbocycles. The van der Waals surface area contributed by atoms with Crippen molar-refractivity contribution < 1.29 is 13.9 Å². The number of hydrogen-bond acceptors (Lipinski definition) is 5. The zero-order valence-electron chi connectivity index (χ0n) is 14.3. The van der Waals surface area contributed by atoms with Crippen LogP contribution in [0.25, 0.3) is 21.7 Å². The molecule has 0 spiro atoms. The minimum atomic E-state index is -0.327. The van der Waals surface area contributed by atoms with E-state index in [1.165, 1.54) is 0 Å². The predicted molar refractivity (Wildman–Crippen MR) is 97.5 cm³/mol. The third kappa shape index (κ3) is 3.38. The minimum Gasteiger partial charge on any atom is -0.492 e. The molecule has 25 heavy (non-hydrogen) atoms.